The second-order valence-corrected chi connectivity index (χ2v) is 5.98. The molecule has 0 aliphatic carbocycles. The Hall–Kier alpha value is -2.09. The molecule has 112 valence electrons. The monoisotopic (exact) mass is 310 g/mol. The molecule has 0 bridgehead atoms. The van der Waals surface area contributed by atoms with Gasteiger partial charge in [-0.05, 0) is 12.0 Å². The molecule has 2 rings (SSSR count). The normalized spacial score (nSPS) is 18.0. The number of hydrogen-bond acceptors (Lipinski definition) is 6. The lowest BCUT2D eigenvalue weighted by molar-refractivity contribution is -0.384. The molecule has 0 radical (unpaired) electrons. The maximum Gasteiger partial charge on any atom is 0.296 e. The van der Waals surface area contributed by atoms with Gasteiger partial charge in [0.05, 0.1) is 4.92 Å². The molecule has 8 heteroatoms. The Kier molecular flexibility index (Phi) is 4.46. The molecule has 1 amide bonds. The third-order valence-electron chi connectivity index (χ3n) is 3.19. The molecule has 0 aromatic heterocycles. The number of para-hydroxylation sites is 1. The zero-order valence-corrected chi connectivity index (χ0v) is 12.1. The summed E-state index contributed by atoms with van der Waals surface area (Å²) in [6.45, 7) is 1.71. The van der Waals surface area contributed by atoms with Crippen LogP contribution in [0.25, 0.3) is 0 Å². The first kappa shape index (κ1) is 15.3. The van der Waals surface area contributed by atoms with E-state index in [2.05, 4.69) is 0 Å². The van der Waals surface area contributed by atoms with Gasteiger partial charge in [0.15, 0.2) is 10.8 Å². The highest BCUT2D eigenvalue weighted by Gasteiger charge is 2.36. The summed E-state index contributed by atoms with van der Waals surface area (Å²) in [5.41, 5.74) is -0.369. The maximum absolute atomic E-state index is 12.1. The molecule has 1 aromatic rings. The molecule has 1 atom stereocenters. The van der Waals surface area contributed by atoms with Gasteiger partial charge in [0, 0.05) is 31.7 Å². The van der Waals surface area contributed by atoms with Crippen molar-refractivity contribution in [2.75, 3.05) is 17.2 Å². The van der Waals surface area contributed by atoms with E-state index < -0.39 is 4.92 Å². The maximum atomic E-state index is 12.1. The topological polar surface area (TPSA) is 101 Å². The molecule has 1 unspecified atom stereocenters. The van der Waals surface area contributed by atoms with Crippen LogP contribution in [-0.2, 0) is 9.59 Å². The minimum absolute atomic E-state index is 0.0329. The Balaban J connectivity index is 2.25. The van der Waals surface area contributed by atoms with E-state index in [0.717, 1.165) is 11.8 Å². The number of nitro groups is 1. The summed E-state index contributed by atoms with van der Waals surface area (Å²) in [7, 11) is 0. The van der Waals surface area contributed by atoms with E-state index in [4.69, 9.17) is 0 Å². The standard InChI is InChI=1S/C13H14N2O5S/c1-8(16)21-7-9-5-12(18)14(6-9)13-10(15(19)20)3-2-4-11(13)17/h2-4,9,17H,5-7H2,1H3. The number of phenolic OH excluding ortho intramolecular Hbond substituents is 1. The molecule has 1 N–H and O–H groups in total. The van der Waals surface area contributed by atoms with Crippen molar-refractivity contribution in [3.8, 4) is 5.75 Å². The summed E-state index contributed by atoms with van der Waals surface area (Å²) < 4.78 is 0. The highest BCUT2D eigenvalue weighted by molar-refractivity contribution is 8.13. The number of rotatable bonds is 4. The first-order valence-electron chi connectivity index (χ1n) is 6.30. The lowest BCUT2D eigenvalue weighted by Crippen LogP contribution is -2.25. The molecule has 7 nitrogen and oxygen atoms in total. The van der Waals surface area contributed by atoms with Gasteiger partial charge < -0.3 is 10.0 Å². The first-order valence-corrected chi connectivity index (χ1v) is 7.28. The van der Waals surface area contributed by atoms with Gasteiger partial charge in [0.2, 0.25) is 5.91 Å². The molecule has 1 aliphatic rings. The molecule has 1 saturated heterocycles. The van der Waals surface area contributed by atoms with Crippen molar-refractivity contribution >= 4 is 34.2 Å². The Morgan fingerprint density at radius 2 is 2.29 bits per heavy atom. The number of nitro benzene ring substituents is 1. The number of anilines is 1. The molecule has 1 aliphatic heterocycles. The Morgan fingerprint density at radius 3 is 2.90 bits per heavy atom. The van der Waals surface area contributed by atoms with Crippen LogP contribution in [0.1, 0.15) is 13.3 Å². The van der Waals surface area contributed by atoms with Crippen molar-refractivity contribution < 1.29 is 19.6 Å². The predicted molar refractivity (Wildman–Crippen MR) is 78.4 cm³/mol. The van der Waals surface area contributed by atoms with Crippen LogP contribution >= 0.6 is 11.8 Å². The van der Waals surface area contributed by atoms with Crippen LogP contribution < -0.4 is 4.90 Å². The van der Waals surface area contributed by atoms with Crippen molar-refractivity contribution in [1.29, 1.82) is 0 Å². The molecule has 0 spiro atoms. The van der Waals surface area contributed by atoms with Crippen molar-refractivity contribution in [3.63, 3.8) is 0 Å². The molecular formula is C13H14N2O5S. The fourth-order valence-corrected chi connectivity index (χ4v) is 2.98. The van der Waals surface area contributed by atoms with Gasteiger partial charge in [0.25, 0.3) is 5.69 Å². The van der Waals surface area contributed by atoms with Crippen LogP contribution in [0.5, 0.6) is 5.75 Å². The van der Waals surface area contributed by atoms with Crippen molar-refractivity contribution in [1.82, 2.24) is 0 Å². The van der Waals surface area contributed by atoms with E-state index in [1.807, 2.05) is 0 Å². The Bertz CT molecular complexity index is 604. The molecule has 1 fully saturated rings. The summed E-state index contributed by atoms with van der Waals surface area (Å²) in [4.78, 5) is 34.7. The van der Waals surface area contributed by atoms with E-state index in [0.29, 0.717) is 5.75 Å². The number of carbonyl (C=O) groups excluding carboxylic acids is 2. The number of phenols is 1. The molecular weight excluding hydrogens is 296 g/mol. The Labute approximate surface area is 125 Å². The number of hydrogen-bond donors (Lipinski definition) is 1. The number of thioether (sulfide) groups is 1. The van der Waals surface area contributed by atoms with Crippen LogP contribution in [-0.4, -0.2) is 33.3 Å². The lowest BCUT2D eigenvalue weighted by atomic mass is 10.1. The van der Waals surface area contributed by atoms with Gasteiger partial charge in [-0.25, -0.2) is 0 Å². The van der Waals surface area contributed by atoms with Crippen LogP contribution in [0.4, 0.5) is 11.4 Å². The van der Waals surface area contributed by atoms with Crippen LogP contribution in [0.15, 0.2) is 18.2 Å². The van der Waals surface area contributed by atoms with Gasteiger partial charge in [-0.2, -0.15) is 0 Å². The van der Waals surface area contributed by atoms with E-state index >= 15 is 0 Å². The minimum atomic E-state index is -0.625. The average Bonchev–Trinajstić information content (AvgIpc) is 2.77. The molecule has 21 heavy (non-hydrogen) atoms. The molecule has 0 saturated carbocycles. The smallest absolute Gasteiger partial charge is 0.296 e. The number of aromatic hydroxyl groups is 1. The zero-order chi connectivity index (χ0) is 15.6. The zero-order valence-electron chi connectivity index (χ0n) is 11.3. The summed E-state index contributed by atoms with van der Waals surface area (Å²) >= 11 is 1.13. The first-order chi connectivity index (χ1) is 9.90. The highest BCUT2D eigenvalue weighted by atomic mass is 32.2. The van der Waals surface area contributed by atoms with Crippen LogP contribution in [0.3, 0.4) is 0 Å². The highest BCUT2D eigenvalue weighted by Crippen LogP contribution is 2.40. The van der Waals surface area contributed by atoms with Crippen LogP contribution in [0, 0.1) is 16.0 Å². The number of carbonyl (C=O) groups is 2. The van der Waals surface area contributed by atoms with Gasteiger partial charge in [-0.1, -0.05) is 17.8 Å². The third-order valence-corrected chi connectivity index (χ3v) is 4.23. The Morgan fingerprint density at radius 1 is 1.57 bits per heavy atom. The van der Waals surface area contributed by atoms with E-state index in [1.165, 1.54) is 30.0 Å². The lowest BCUT2D eigenvalue weighted by Gasteiger charge is -2.17. The third kappa shape index (κ3) is 3.33. The van der Waals surface area contributed by atoms with Crippen LogP contribution in [0.2, 0.25) is 0 Å². The van der Waals surface area contributed by atoms with E-state index in [1.54, 1.807) is 0 Å². The largest absolute Gasteiger partial charge is 0.505 e. The van der Waals surface area contributed by atoms with Gasteiger partial charge in [-0.3, -0.25) is 19.7 Å². The quantitative estimate of drug-likeness (QED) is 0.673. The SMILES string of the molecule is CC(=O)SCC1CC(=O)N(c2c(O)cccc2[N+](=O)[O-])C1. The second-order valence-electron chi connectivity index (χ2n) is 4.78. The summed E-state index contributed by atoms with van der Waals surface area (Å²) in [6, 6.07) is 3.92. The summed E-state index contributed by atoms with van der Waals surface area (Å²) in [5, 5.41) is 20.9. The van der Waals surface area contributed by atoms with Crippen molar-refractivity contribution in [3.05, 3.63) is 28.3 Å². The second kappa shape index (κ2) is 6.13. The minimum Gasteiger partial charge on any atom is -0.505 e. The summed E-state index contributed by atoms with van der Waals surface area (Å²) in [5.74, 6) is -0.157. The van der Waals surface area contributed by atoms with Crippen molar-refractivity contribution in [2.45, 2.75) is 13.3 Å². The van der Waals surface area contributed by atoms with E-state index in [-0.39, 0.29) is 47.0 Å². The van der Waals surface area contributed by atoms with Crippen molar-refractivity contribution in [2.24, 2.45) is 5.92 Å². The number of benzene rings is 1. The number of amides is 1. The van der Waals surface area contributed by atoms with Gasteiger partial charge >= 0.3 is 0 Å². The molecule has 1 heterocycles. The summed E-state index contributed by atoms with van der Waals surface area (Å²) in [6.07, 6.45) is 0.214. The predicted octanol–water partition coefficient (Wildman–Crippen LogP) is 1.93. The fourth-order valence-electron chi connectivity index (χ4n) is 2.29. The number of nitrogens with zero attached hydrogens (tertiary/aromatic N) is 2. The molecule has 1 aromatic carbocycles. The van der Waals surface area contributed by atoms with E-state index in [9.17, 15) is 24.8 Å². The van der Waals surface area contributed by atoms with Gasteiger partial charge in [-0.15, -0.1) is 0 Å². The fraction of sp³-hybridized carbons (Fsp3) is 0.385. The average molecular weight is 310 g/mol. The van der Waals surface area contributed by atoms with Gasteiger partial charge in [0.1, 0.15) is 5.75 Å².